The fourth-order valence-corrected chi connectivity index (χ4v) is 4.07. The Kier molecular flexibility index (Phi) is 3.39. The summed E-state index contributed by atoms with van der Waals surface area (Å²) in [7, 11) is -1.87. The Morgan fingerprint density at radius 2 is 2.14 bits per heavy atom. The van der Waals surface area contributed by atoms with Crippen molar-refractivity contribution < 1.29 is 12.8 Å². The summed E-state index contributed by atoms with van der Waals surface area (Å²) in [5, 5.41) is 0.0495. The molecule has 8 heteroatoms. The molecule has 3 heterocycles. The van der Waals surface area contributed by atoms with Crippen LogP contribution in [0.5, 0.6) is 0 Å². The van der Waals surface area contributed by atoms with Crippen LogP contribution >= 0.6 is 0 Å². The first-order valence-corrected chi connectivity index (χ1v) is 8.12. The highest BCUT2D eigenvalue weighted by Crippen LogP contribution is 2.31. The van der Waals surface area contributed by atoms with E-state index in [0.717, 1.165) is 11.5 Å². The molecule has 1 unspecified atom stereocenters. The summed E-state index contributed by atoms with van der Waals surface area (Å²) < 4.78 is 33.7. The smallest absolute Gasteiger partial charge is 0.262 e. The highest BCUT2D eigenvalue weighted by molar-refractivity contribution is 7.89. The van der Waals surface area contributed by atoms with E-state index in [1.165, 1.54) is 16.8 Å². The number of aryl methyl sites for hydroxylation is 2. The predicted octanol–water partition coefficient (Wildman–Crippen LogP) is 0.437. The van der Waals surface area contributed by atoms with Crippen molar-refractivity contribution in [3.63, 3.8) is 0 Å². The molecule has 0 aromatic carbocycles. The first-order chi connectivity index (χ1) is 9.88. The van der Waals surface area contributed by atoms with Gasteiger partial charge < -0.3 is 14.7 Å². The minimum Gasteiger partial charge on any atom is -0.466 e. The van der Waals surface area contributed by atoms with Gasteiger partial charge in [-0.05, 0) is 19.1 Å². The molecule has 0 radical (unpaired) electrons. The number of aromatic nitrogens is 2. The molecule has 1 aliphatic rings. The molecular weight excluding hydrogens is 292 g/mol. The molecule has 21 heavy (non-hydrogen) atoms. The van der Waals surface area contributed by atoms with Crippen LogP contribution in [0.25, 0.3) is 0 Å². The van der Waals surface area contributed by atoms with E-state index in [-0.39, 0.29) is 23.5 Å². The van der Waals surface area contributed by atoms with E-state index < -0.39 is 10.0 Å². The maximum Gasteiger partial charge on any atom is 0.262 e. The number of nitrogens with two attached hydrogens (primary N) is 1. The number of rotatable bonds is 3. The van der Waals surface area contributed by atoms with Crippen molar-refractivity contribution in [3.05, 3.63) is 36.2 Å². The van der Waals surface area contributed by atoms with Gasteiger partial charge in [0.1, 0.15) is 11.5 Å². The van der Waals surface area contributed by atoms with Crippen molar-refractivity contribution in [3.8, 4) is 0 Å². The van der Waals surface area contributed by atoms with Crippen molar-refractivity contribution in [1.29, 1.82) is 0 Å². The summed E-state index contributed by atoms with van der Waals surface area (Å²) in [4.78, 5) is 3.93. The van der Waals surface area contributed by atoms with Gasteiger partial charge in [-0.1, -0.05) is 0 Å². The summed E-state index contributed by atoms with van der Waals surface area (Å²) in [5.74, 6) is 1.40. The monoisotopic (exact) mass is 310 g/mol. The normalized spacial score (nSPS) is 23.8. The van der Waals surface area contributed by atoms with Gasteiger partial charge in [-0.3, -0.25) is 0 Å². The molecule has 3 rings (SSSR count). The molecule has 0 bridgehead atoms. The first kappa shape index (κ1) is 14.3. The summed E-state index contributed by atoms with van der Waals surface area (Å²) in [5.41, 5.74) is 6.10. The lowest BCUT2D eigenvalue weighted by Crippen LogP contribution is -2.32. The van der Waals surface area contributed by atoms with Crippen LogP contribution in [0.2, 0.25) is 0 Å². The maximum absolute atomic E-state index is 12.5. The first-order valence-electron chi connectivity index (χ1n) is 6.68. The predicted molar refractivity (Wildman–Crippen MR) is 76.1 cm³/mol. The van der Waals surface area contributed by atoms with Crippen LogP contribution in [0, 0.1) is 6.92 Å². The van der Waals surface area contributed by atoms with Crippen LogP contribution in [-0.2, 0) is 17.1 Å². The Balaban J connectivity index is 1.85. The molecule has 0 saturated carbocycles. The zero-order valence-corrected chi connectivity index (χ0v) is 12.7. The van der Waals surface area contributed by atoms with Gasteiger partial charge >= 0.3 is 0 Å². The lowest BCUT2D eigenvalue weighted by molar-refractivity contribution is 0.428. The zero-order valence-electron chi connectivity index (χ0n) is 11.9. The lowest BCUT2D eigenvalue weighted by Gasteiger charge is -2.13. The second kappa shape index (κ2) is 4.97. The number of furan rings is 1. The number of nitrogens with zero attached hydrogens (tertiary/aromatic N) is 3. The van der Waals surface area contributed by atoms with Gasteiger partial charge in [0, 0.05) is 38.3 Å². The van der Waals surface area contributed by atoms with E-state index in [0.29, 0.717) is 6.54 Å². The second-order valence-electron chi connectivity index (χ2n) is 5.42. The van der Waals surface area contributed by atoms with Crippen molar-refractivity contribution >= 4 is 10.0 Å². The van der Waals surface area contributed by atoms with E-state index in [1.807, 2.05) is 19.1 Å². The molecule has 2 aromatic rings. The molecule has 2 aromatic heterocycles. The Bertz CT molecular complexity index is 749. The van der Waals surface area contributed by atoms with E-state index in [4.69, 9.17) is 10.2 Å². The Hall–Kier alpha value is -1.64. The van der Waals surface area contributed by atoms with E-state index in [1.54, 1.807) is 11.6 Å². The fourth-order valence-electron chi connectivity index (χ4n) is 2.60. The molecular formula is C13H18N4O3S. The summed E-state index contributed by atoms with van der Waals surface area (Å²) in [6, 6.07) is 3.43. The average Bonchev–Trinajstić information content (AvgIpc) is 3.10. The third-order valence-corrected chi connectivity index (χ3v) is 5.46. The molecule has 7 nitrogen and oxygen atoms in total. The third-order valence-electron chi connectivity index (χ3n) is 3.74. The van der Waals surface area contributed by atoms with Crippen LogP contribution in [0.15, 0.2) is 34.1 Å². The summed E-state index contributed by atoms with van der Waals surface area (Å²) in [6.45, 7) is 2.43. The summed E-state index contributed by atoms with van der Waals surface area (Å²) in [6.07, 6.45) is 2.96. The topological polar surface area (TPSA) is 94.4 Å². The van der Waals surface area contributed by atoms with Gasteiger partial charge in [0.15, 0.2) is 5.03 Å². The van der Waals surface area contributed by atoms with Crippen LogP contribution in [0.3, 0.4) is 0 Å². The average molecular weight is 310 g/mol. The van der Waals surface area contributed by atoms with Crippen molar-refractivity contribution in [1.82, 2.24) is 13.9 Å². The van der Waals surface area contributed by atoms with Gasteiger partial charge in [-0.15, -0.1) is 0 Å². The molecule has 2 N–H and O–H groups in total. The standard InChI is InChI=1S/C13H18N4O3S/c1-9-3-4-12(20-9)10-5-17(6-11(10)14)21(18,19)13-7-16(2)8-15-13/h3-4,7-8,10-11H,5-6,14H2,1-2H3/t10-,11?/m0/s1. The second-order valence-corrected chi connectivity index (χ2v) is 7.30. The van der Waals surface area contributed by atoms with Crippen molar-refractivity contribution in [2.45, 2.75) is 23.9 Å². The fraction of sp³-hybridized carbons (Fsp3) is 0.462. The molecule has 114 valence electrons. The lowest BCUT2D eigenvalue weighted by atomic mass is 10.0. The van der Waals surface area contributed by atoms with Crippen molar-refractivity contribution in [2.24, 2.45) is 12.8 Å². The summed E-state index contributed by atoms with van der Waals surface area (Å²) >= 11 is 0. The van der Waals surface area contributed by atoms with Gasteiger partial charge in [0.25, 0.3) is 10.0 Å². The Labute approximate surface area is 123 Å². The van der Waals surface area contributed by atoms with Gasteiger partial charge in [-0.2, -0.15) is 4.31 Å². The largest absolute Gasteiger partial charge is 0.466 e. The minimum absolute atomic E-state index is 0.0495. The molecule has 1 fully saturated rings. The zero-order chi connectivity index (χ0) is 15.2. The van der Waals surface area contributed by atoms with Crippen LogP contribution in [0.1, 0.15) is 17.4 Å². The number of hydrogen-bond acceptors (Lipinski definition) is 5. The van der Waals surface area contributed by atoms with E-state index >= 15 is 0 Å². The Morgan fingerprint density at radius 1 is 1.38 bits per heavy atom. The minimum atomic E-state index is -3.61. The highest BCUT2D eigenvalue weighted by atomic mass is 32.2. The van der Waals surface area contributed by atoms with Crippen LogP contribution < -0.4 is 5.73 Å². The Morgan fingerprint density at radius 3 is 2.71 bits per heavy atom. The molecule has 1 saturated heterocycles. The van der Waals surface area contributed by atoms with Crippen LogP contribution in [0.4, 0.5) is 0 Å². The molecule has 1 aliphatic heterocycles. The molecule has 0 aliphatic carbocycles. The quantitative estimate of drug-likeness (QED) is 0.887. The molecule has 2 atom stereocenters. The maximum atomic E-state index is 12.5. The highest BCUT2D eigenvalue weighted by Gasteiger charge is 2.40. The van der Waals surface area contributed by atoms with Gasteiger partial charge in [-0.25, -0.2) is 13.4 Å². The van der Waals surface area contributed by atoms with E-state index in [2.05, 4.69) is 4.98 Å². The molecule has 0 amide bonds. The number of hydrogen-bond donors (Lipinski definition) is 1. The third kappa shape index (κ3) is 2.50. The van der Waals surface area contributed by atoms with Gasteiger partial charge in [0.05, 0.1) is 6.33 Å². The SMILES string of the molecule is Cc1ccc([C@H]2CN(S(=O)(=O)c3cn(C)cn3)CC2N)o1. The molecule has 0 spiro atoms. The number of imidazole rings is 1. The van der Waals surface area contributed by atoms with E-state index in [9.17, 15) is 8.42 Å². The number of sulfonamides is 1. The van der Waals surface area contributed by atoms with Gasteiger partial charge in [0.2, 0.25) is 0 Å². The van der Waals surface area contributed by atoms with Crippen LogP contribution in [-0.4, -0.2) is 41.4 Å². The van der Waals surface area contributed by atoms with Crippen molar-refractivity contribution in [2.75, 3.05) is 13.1 Å².